The number of imide groups is 1. The standard InChI is InChI=1S/C31H32FN5O3/c1-30(2)19-36(18-20-4-6-22(7-5-20)37-14-3-13-34-37)15-12-31(30,40)25-9-10-26-24(28(25)32)16-21(17-33-26)23-8-11-27(38)35-29(23)39/h3-7,9-10,13-14,16-17,23,40H,8,11-12,15,18-19H2,1-2H3,(H,35,38,39)/t23?,31-/m1/s1. The second-order valence-electron chi connectivity index (χ2n) is 11.6. The van der Waals surface area contributed by atoms with E-state index in [2.05, 4.69) is 32.4 Å². The van der Waals surface area contributed by atoms with Gasteiger partial charge in [0.25, 0.3) is 0 Å². The van der Waals surface area contributed by atoms with Gasteiger partial charge in [-0.1, -0.05) is 32.0 Å². The number of halogens is 1. The van der Waals surface area contributed by atoms with Gasteiger partial charge in [-0.25, -0.2) is 9.07 Å². The van der Waals surface area contributed by atoms with Crippen LogP contribution in [0, 0.1) is 11.2 Å². The molecule has 6 rings (SSSR count). The molecule has 2 aliphatic heterocycles. The summed E-state index contributed by atoms with van der Waals surface area (Å²) in [6.45, 7) is 5.85. The maximum Gasteiger partial charge on any atom is 0.234 e. The first-order valence-electron chi connectivity index (χ1n) is 13.6. The van der Waals surface area contributed by atoms with Crippen molar-refractivity contribution < 1.29 is 19.1 Å². The maximum atomic E-state index is 16.2. The highest BCUT2D eigenvalue weighted by Crippen LogP contribution is 2.48. The molecule has 2 amide bonds. The van der Waals surface area contributed by atoms with Crippen molar-refractivity contribution in [3.05, 3.63) is 89.6 Å². The predicted molar refractivity (Wildman–Crippen MR) is 148 cm³/mol. The highest BCUT2D eigenvalue weighted by Gasteiger charge is 2.50. The van der Waals surface area contributed by atoms with E-state index in [1.807, 2.05) is 42.9 Å². The number of hydrogen-bond acceptors (Lipinski definition) is 6. The van der Waals surface area contributed by atoms with Crippen LogP contribution in [0.15, 0.2) is 67.1 Å². The number of likely N-dealkylation sites (tertiary alicyclic amines) is 1. The summed E-state index contributed by atoms with van der Waals surface area (Å²) in [5.74, 6) is -1.77. The van der Waals surface area contributed by atoms with Gasteiger partial charge in [-0.3, -0.25) is 24.8 Å². The average Bonchev–Trinajstić information content (AvgIpc) is 3.47. The third-order valence-electron chi connectivity index (χ3n) is 8.55. The van der Waals surface area contributed by atoms with Gasteiger partial charge in [0, 0.05) is 61.0 Å². The van der Waals surface area contributed by atoms with E-state index < -0.39 is 28.7 Å². The summed E-state index contributed by atoms with van der Waals surface area (Å²) in [4.78, 5) is 30.7. The molecule has 2 saturated heterocycles. The zero-order valence-corrected chi connectivity index (χ0v) is 22.6. The van der Waals surface area contributed by atoms with Crippen molar-refractivity contribution in [3.63, 3.8) is 0 Å². The quantitative estimate of drug-likeness (QED) is 0.368. The molecule has 4 heterocycles. The van der Waals surface area contributed by atoms with Gasteiger partial charge in [0.05, 0.1) is 22.7 Å². The highest BCUT2D eigenvalue weighted by molar-refractivity contribution is 6.01. The van der Waals surface area contributed by atoms with E-state index in [1.165, 1.54) is 0 Å². The monoisotopic (exact) mass is 541 g/mol. The first-order chi connectivity index (χ1) is 19.1. The lowest BCUT2D eigenvalue weighted by molar-refractivity contribution is -0.134. The fourth-order valence-corrected chi connectivity index (χ4v) is 6.20. The third kappa shape index (κ3) is 4.59. The van der Waals surface area contributed by atoms with Crippen LogP contribution in [-0.4, -0.2) is 49.7 Å². The van der Waals surface area contributed by atoms with Gasteiger partial charge in [-0.2, -0.15) is 5.10 Å². The van der Waals surface area contributed by atoms with Crippen LogP contribution in [0.1, 0.15) is 55.7 Å². The summed E-state index contributed by atoms with van der Waals surface area (Å²) >= 11 is 0. The molecule has 4 aromatic rings. The molecule has 206 valence electrons. The minimum atomic E-state index is -1.39. The fourth-order valence-electron chi connectivity index (χ4n) is 6.20. The number of aromatic nitrogens is 3. The van der Waals surface area contributed by atoms with E-state index >= 15 is 4.39 Å². The van der Waals surface area contributed by atoms with Crippen molar-refractivity contribution in [2.45, 2.75) is 51.2 Å². The van der Waals surface area contributed by atoms with E-state index in [0.29, 0.717) is 37.0 Å². The Morgan fingerprint density at radius 2 is 1.95 bits per heavy atom. The Morgan fingerprint density at radius 3 is 2.65 bits per heavy atom. The molecule has 8 nitrogen and oxygen atoms in total. The number of carbonyl (C=O) groups is 2. The number of carbonyl (C=O) groups excluding carboxylic acids is 2. The molecule has 2 fully saturated rings. The molecule has 2 aliphatic rings. The SMILES string of the molecule is CC1(C)CN(Cc2ccc(-n3cccn3)cc2)CC[C@@]1(O)c1ccc2ncc(C3CCC(=O)NC3=O)cc2c1F. The molecular formula is C31H32FN5O3. The Balaban J connectivity index is 1.24. The summed E-state index contributed by atoms with van der Waals surface area (Å²) in [7, 11) is 0. The molecule has 0 spiro atoms. The predicted octanol–water partition coefficient (Wildman–Crippen LogP) is 4.20. The van der Waals surface area contributed by atoms with Crippen LogP contribution in [0.2, 0.25) is 0 Å². The van der Waals surface area contributed by atoms with Crippen molar-refractivity contribution in [1.29, 1.82) is 0 Å². The molecule has 0 radical (unpaired) electrons. The van der Waals surface area contributed by atoms with Gasteiger partial charge in [0.15, 0.2) is 0 Å². The van der Waals surface area contributed by atoms with Crippen molar-refractivity contribution >= 4 is 22.7 Å². The third-order valence-corrected chi connectivity index (χ3v) is 8.55. The molecule has 0 bridgehead atoms. The summed E-state index contributed by atoms with van der Waals surface area (Å²) in [5.41, 5.74) is 1.36. The first kappa shape index (κ1) is 26.3. The van der Waals surface area contributed by atoms with E-state index in [9.17, 15) is 14.7 Å². The van der Waals surface area contributed by atoms with E-state index in [4.69, 9.17) is 0 Å². The number of aliphatic hydroxyl groups is 1. The number of nitrogens with one attached hydrogen (secondary N) is 1. The number of fused-ring (bicyclic) bond motifs is 1. The molecule has 2 N–H and O–H groups in total. The molecule has 0 saturated carbocycles. The molecule has 2 aromatic heterocycles. The van der Waals surface area contributed by atoms with Crippen molar-refractivity contribution in [2.75, 3.05) is 13.1 Å². The van der Waals surface area contributed by atoms with Gasteiger partial charge in [0.1, 0.15) is 5.82 Å². The van der Waals surface area contributed by atoms with Gasteiger partial charge >= 0.3 is 0 Å². The summed E-state index contributed by atoms with van der Waals surface area (Å²) in [5, 5.41) is 18.9. The molecule has 0 aliphatic carbocycles. The molecule has 2 atom stereocenters. The smallest absolute Gasteiger partial charge is 0.234 e. The Labute approximate surface area is 231 Å². The van der Waals surface area contributed by atoms with Crippen LogP contribution < -0.4 is 5.32 Å². The molecule has 40 heavy (non-hydrogen) atoms. The molecule has 2 aromatic carbocycles. The Bertz CT molecular complexity index is 1580. The van der Waals surface area contributed by atoms with E-state index in [1.54, 1.807) is 30.6 Å². The normalized spacial score (nSPS) is 23.4. The summed E-state index contributed by atoms with van der Waals surface area (Å²) in [6, 6.07) is 15.1. The fraction of sp³-hybridized carbons (Fsp3) is 0.355. The summed E-state index contributed by atoms with van der Waals surface area (Å²) in [6.07, 6.45) is 6.18. The zero-order valence-electron chi connectivity index (χ0n) is 22.6. The maximum absolute atomic E-state index is 16.2. The van der Waals surface area contributed by atoms with E-state index in [-0.39, 0.29) is 23.3 Å². The lowest BCUT2D eigenvalue weighted by Crippen LogP contribution is -2.55. The first-order valence-corrected chi connectivity index (χ1v) is 13.6. The second-order valence-corrected chi connectivity index (χ2v) is 11.6. The minimum absolute atomic E-state index is 0.232. The second kappa shape index (κ2) is 9.91. The number of benzene rings is 2. The number of pyridine rings is 1. The van der Waals surface area contributed by atoms with Crippen molar-refractivity contribution in [3.8, 4) is 5.69 Å². The summed E-state index contributed by atoms with van der Waals surface area (Å²) < 4.78 is 18.0. The minimum Gasteiger partial charge on any atom is -0.384 e. The average molecular weight is 542 g/mol. The Morgan fingerprint density at radius 1 is 1.15 bits per heavy atom. The van der Waals surface area contributed by atoms with Crippen LogP contribution in [0.5, 0.6) is 0 Å². The van der Waals surface area contributed by atoms with Gasteiger partial charge in [0.2, 0.25) is 11.8 Å². The number of nitrogens with zero attached hydrogens (tertiary/aromatic N) is 4. The Kier molecular flexibility index (Phi) is 6.51. The number of piperidine rings is 2. The largest absolute Gasteiger partial charge is 0.384 e. The highest BCUT2D eigenvalue weighted by atomic mass is 19.1. The number of rotatable bonds is 5. The van der Waals surface area contributed by atoms with Gasteiger partial charge in [-0.15, -0.1) is 0 Å². The van der Waals surface area contributed by atoms with Crippen LogP contribution >= 0.6 is 0 Å². The molecular weight excluding hydrogens is 509 g/mol. The van der Waals surface area contributed by atoms with Crippen LogP contribution in [0.3, 0.4) is 0 Å². The van der Waals surface area contributed by atoms with Crippen LogP contribution in [0.4, 0.5) is 4.39 Å². The molecule has 1 unspecified atom stereocenters. The molecule has 9 heteroatoms. The van der Waals surface area contributed by atoms with Gasteiger partial charge in [-0.05, 0) is 54.3 Å². The van der Waals surface area contributed by atoms with Crippen molar-refractivity contribution in [2.24, 2.45) is 5.41 Å². The van der Waals surface area contributed by atoms with Crippen LogP contribution in [0.25, 0.3) is 16.6 Å². The lowest BCUT2D eigenvalue weighted by atomic mass is 9.66. The Hall–Kier alpha value is -3.95. The van der Waals surface area contributed by atoms with Gasteiger partial charge < -0.3 is 5.11 Å². The van der Waals surface area contributed by atoms with E-state index in [0.717, 1.165) is 17.8 Å². The topological polar surface area (TPSA) is 100 Å². The number of amides is 2. The van der Waals surface area contributed by atoms with Crippen LogP contribution in [-0.2, 0) is 21.7 Å². The number of hydrogen-bond donors (Lipinski definition) is 2. The van der Waals surface area contributed by atoms with Crippen molar-refractivity contribution in [1.82, 2.24) is 25.0 Å². The zero-order chi connectivity index (χ0) is 28.1. The lowest BCUT2D eigenvalue weighted by Gasteiger charge is -2.50.